The Hall–Kier alpha value is -2.84. The third-order valence-corrected chi connectivity index (χ3v) is 7.55. The van der Waals surface area contributed by atoms with E-state index in [0.29, 0.717) is 21.4 Å². The molecule has 0 saturated heterocycles. The second-order valence-electron chi connectivity index (χ2n) is 7.65. The van der Waals surface area contributed by atoms with Crippen LogP contribution in [0.15, 0.2) is 77.7 Å². The molecule has 0 aliphatic rings. The molecule has 35 heavy (non-hydrogen) atoms. The Bertz CT molecular complexity index is 1380. The Morgan fingerprint density at radius 1 is 0.971 bits per heavy atom. The molecule has 0 spiro atoms. The largest absolute Gasteiger partial charge is 0.322 e. The van der Waals surface area contributed by atoms with Gasteiger partial charge in [-0.05, 0) is 50.2 Å². The van der Waals surface area contributed by atoms with Gasteiger partial charge in [-0.1, -0.05) is 59.6 Å². The Kier molecular flexibility index (Phi) is 8.13. The molecule has 4 rings (SSSR count). The maximum atomic E-state index is 12.8. The summed E-state index contributed by atoms with van der Waals surface area (Å²) in [6.07, 6.45) is 0. The highest BCUT2D eigenvalue weighted by atomic mass is 35.5. The first kappa shape index (κ1) is 25.3. The predicted molar refractivity (Wildman–Crippen MR) is 147 cm³/mol. The van der Waals surface area contributed by atoms with Crippen molar-refractivity contribution in [3.8, 4) is 11.3 Å². The van der Waals surface area contributed by atoms with Crippen molar-refractivity contribution in [1.29, 1.82) is 0 Å². The number of amides is 2. The number of rotatable bonds is 7. The van der Waals surface area contributed by atoms with Crippen molar-refractivity contribution in [1.82, 2.24) is 4.98 Å². The number of benzene rings is 3. The zero-order valence-electron chi connectivity index (χ0n) is 18.8. The van der Waals surface area contributed by atoms with Gasteiger partial charge >= 0.3 is 0 Å². The molecule has 9 heteroatoms. The van der Waals surface area contributed by atoms with Crippen molar-refractivity contribution in [3.05, 3.63) is 93.3 Å². The molecule has 5 nitrogen and oxygen atoms in total. The highest BCUT2D eigenvalue weighted by Gasteiger charge is 2.18. The minimum absolute atomic E-state index is 0.147. The van der Waals surface area contributed by atoms with E-state index in [2.05, 4.69) is 15.6 Å². The molecule has 0 aliphatic carbocycles. The van der Waals surface area contributed by atoms with E-state index in [4.69, 9.17) is 23.2 Å². The topological polar surface area (TPSA) is 71.1 Å². The van der Waals surface area contributed by atoms with Gasteiger partial charge in [0.25, 0.3) is 5.91 Å². The van der Waals surface area contributed by atoms with E-state index in [1.165, 1.54) is 29.2 Å². The molecule has 0 fully saturated rings. The molecule has 3 aromatic carbocycles. The van der Waals surface area contributed by atoms with Crippen LogP contribution >= 0.6 is 46.3 Å². The van der Waals surface area contributed by atoms with Gasteiger partial charge in [0, 0.05) is 26.0 Å². The minimum atomic E-state index is -0.379. The van der Waals surface area contributed by atoms with Crippen LogP contribution in [0.4, 0.5) is 10.8 Å². The Labute approximate surface area is 221 Å². The number of thiazole rings is 1. The summed E-state index contributed by atoms with van der Waals surface area (Å²) >= 11 is 14.9. The average molecular weight is 543 g/mol. The van der Waals surface area contributed by atoms with Crippen LogP contribution in [0.25, 0.3) is 11.3 Å². The van der Waals surface area contributed by atoms with Crippen LogP contribution in [0.1, 0.15) is 22.2 Å². The van der Waals surface area contributed by atoms with Crippen molar-refractivity contribution in [2.45, 2.75) is 24.0 Å². The standard InChI is InChI=1S/C26H21Cl2N3O2S2/c1-15-23(17-7-4-3-5-8-17)30-26(35-15)31-24(32)16(2)34-20-10-6-9-19(14-20)29-25(33)21-12-11-18(27)13-22(21)28/h3-14,16H,1-2H3,(H,29,33)(H,30,31,32). The van der Waals surface area contributed by atoms with Crippen LogP contribution in [0, 0.1) is 6.92 Å². The predicted octanol–water partition coefficient (Wildman–Crippen LogP) is 7.80. The molecule has 0 radical (unpaired) electrons. The van der Waals surface area contributed by atoms with Gasteiger partial charge in [-0.25, -0.2) is 4.98 Å². The van der Waals surface area contributed by atoms with E-state index < -0.39 is 0 Å². The zero-order chi connectivity index (χ0) is 24.9. The molecule has 1 unspecified atom stereocenters. The second kappa shape index (κ2) is 11.3. The van der Waals surface area contributed by atoms with Gasteiger partial charge in [-0.15, -0.1) is 23.1 Å². The Balaban J connectivity index is 1.39. The van der Waals surface area contributed by atoms with Gasteiger partial charge in [-0.3, -0.25) is 9.59 Å². The van der Waals surface area contributed by atoms with Gasteiger partial charge in [0.05, 0.1) is 21.5 Å². The summed E-state index contributed by atoms with van der Waals surface area (Å²) in [7, 11) is 0. The fourth-order valence-electron chi connectivity index (χ4n) is 3.30. The highest BCUT2D eigenvalue weighted by molar-refractivity contribution is 8.00. The maximum absolute atomic E-state index is 12.8. The number of thioether (sulfide) groups is 1. The summed E-state index contributed by atoms with van der Waals surface area (Å²) in [6, 6.07) is 21.9. The first-order valence-electron chi connectivity index (χ1n) is 10.7. The van der Waals surface area contributed by atoms with Crippen molar-refractivity contribution in [2.75, 3.05) is 10.6 Å². The van der Waals surface area contributed by atoms with E-state index in [-0.39, 0.29) is 22.1 Å². The molecule has 4 aromatic rings. The monoisotopic (exact) mass is 541 g/mol. The molecular weight excluding hydrogens is 521 g/mol. The van der Waals surface area contributed by atoms with Crippen molar-refractivity contribution < 1.29 is 9.59 Å². The quantitative estimate of drug-likeness (QED) is 0.234. The van der Waals surface area contributed by atoms with Gasteiger partial charge in [0.2, 0.25) is 5.91 Å². The average Bonchev–Trinajstić information content (AvgIpc) is 3.19. The number of halogens is 2. The number of carbonyl (C=O) groups is 2. The molecule has 2 N–H and O–H groups in total. The third kappa shape index (κ3) is 6.44. The van der Waals surface area contributed by atoms with E-state index >= 15 is 0 Å². The number of nitrogens with zero attached hydrogens (tertiary/aromatic N) is 1. The van der Waals surface area contributed by atoms with E-state index in [9.17, 15) is 9.59 Å². The molecule has 0 aliphatic heterocycles. The maximum Gasteiger partial charge on any atom is 0.257 e. The van der Waals surface area contributed by atoms with E-state index in [1.54, 1.807) is 18.2 Å². The van der Waals surface area contributed by atoms with Gasteiger partial charge < -0.3 is 10.6 Å². The second-order valence-corrected chi connectivity index (χ2v) is 11.1. The molecule has 1 aromatic heterocycles. The van der Waals surface area contributed by atoms with Crippen molar-refractivity contribution in [3.63, 3.8) is 0 Å². The minimum Gasteiger partial charge on any atom is -0.322 e. The molecule has 0 bridgehead atoms. The van der Waals surface area contributed by atoms with E-state index in [0.717, 1.165) is 21.0 Å². The molecule has 178 valence electrons. The lowest BCUT2D eigenvalue weighted by molar-refractivity contribution is -0.115. The number of carbonyl (C=O) groups excluding carboxylic acids is 2. The van der Waals surface area contributed by atoms with Crippen molar-refractivity contribution >= 4 is 68.9 Å². The summed E-state index contributed by atoms with van der Waals surface area (Å²) in [5.74, 6) is -0.487. The number of anilines is 2. The molecule has 1 heterocycles. The summed E-state index contributed by atoms with van der Waals surface area (Å²) in [4.78, 5) is 31.9. The first-order valence-corrected chi connectivity index (χ1v) is 13.1. The summed E-state index contributed by atoms with van der Waals surface area (Å²) in [6.45, 7) is 3.82. The Morgan fingerprint density at radius 2 is 1.74 bits per heavy atom. The fraction of sp³-hybridized carbons (Fsp3) is 0.115. The third-order valence-electron chi connectivity index (χ3n) is 5.02. The zero-order valence-corrected chi connectivity index (χ0v) is 22.0. The molecule has 2 amide bonds. The number of hydrogen-bond acceptors (Lipinski definition) is 5. The molecular formula is C26H21Cl2N3O2S2. The van der Waals surface area contributed by atoms with Crippen LogP contribution in [0.5, 0.6) is 0 Å². The van der Waals surface area contributed by atoms with E-state index in [1.807, 2.05) is 62.4 Å². The smallest absolute Gasteiger partial charge is 0.257 e. The number of nitrogens with one attached hydrogen (secondary N) is 2. The lowest BCUT2D eigenvalue weighted by Crippen LogP contribution is -2.22. The number of aromatic nitrogens is 1. The van der Waals surface area contributed by atoms with Crippen molar-refractivity contribution in [2.24, 2.45) is 0 Å². The lowest BCUT2D eigenvalue weighted by Gasteiger charge is -2.12. The summed E-state index contributed by atoms with van der Waals surface area (Å²) < 4.78 is 0. The Morgan fingerprint density at radius 3 is 2.49 bits per heavy atom. The van der Waals surface area contributed by atoms with Gasteiger partial charge in [0.15, 0.2) is 5.13 Å². The van der Waals surface area contributed by atoms with Crippen LogP contribution < -0.4 is 10.6 Å². The van der Waals surface area contributed by atoms with Crippen LogP contribution in [-0.4, -0.2) is 22.0 Å². The first-order chi connectivity index (χ1) is 16.8. The SMILES string of the molecule is Cc1sc(NC(=O)C(C)Sc2cccc(NC(=O)c3ccc(Cl)cc3Cl)c2)nc1-c1ccccc1. The summed E-state index contributed by atoms with van der Waals surface area (Å²) in [5, 5.41) is 6.69. The normalized spacial score (nSPS) is 11.7. The lowest BCUT2D eigenvalue weighted by atomic mass is 10.1. The number of aryl methyl sites for hydroxylation is 1. The van der Waals surface area contributed by atoms with Gasteiger partial charge in [-0.2, -0.15) is 0 Å². The van der Waals surface area contributed by atoms with Crippen LogP contribution in [0.3, 0.4) is 0 Å². The molecule has 0 saturated carbocycles. The highest BCUT2D eigenvalue weighted by Crippen LogP contribution is 2.32. The fourth-order valence-corrected chi connectivity index (χ4v) is 5.56. The summed E-state index contributed by atoms with van der Waals surface area (Å²) in [5.41, 5.74) is 2.82. The van der Waals surface area contributed by atoms with Crippen LogP contribution in [-0.2, 0) is 4.79 Å². The van der Waals surface area contributed by atoms with Crippen LogP contribution in [0.2, 0.25) is 10.0 Å². The molecule has 1 atom stereocenters. The number of hydrogen-bond donors (Lipinski definition) is 2. The van der Waals surface area contributed by atoms with Gasteiger partial charge in [0.1, 0.15) is 0 Å².